The molecule has 1 saturated heterocycles. The summed E-state index contributed by atoms with van der Waals surface area (Å²) in [5.74, 6) is -0.648. The maximum Gasteiger partial charge on any atom is 0.311 e. The average molecular weight is 346 g/mol. The third-order valence-corrected chi connectivity index (χ3v) is 6.36. The highest BCUT2D eigenvalue weighted by molar-refractivity contribution is 7.89. The molecule has 0 amide bonds. The predicted octanol–water partition coefficient (Wildman–Crippen LogP) is 1.79. The van der Waals surface area contributed by atoms with E-state index in [1.807, 2.05) is 19.9 Å². The van der Waals surface area contributed by atoms with Crippen molar-refractivity contribution in [2.45, 2.75) is 39.5 Å². The highest BCUT2D eigenvalue weighted by Crippen LogP contribution is 2.34. The van der Waals surface area contributed by atoms with Gasteiger partial charge in [-0.15, -0.1) is 0 Å². The number of carboxylic acids is 1. The van der Waals surface area contributed by atoms with Crippen LogP contribution in [-0.4, -0.2) is 68.2 Å². The molecule has 0 aliphatic carbocycles. The minimum atomic E-state index is -3.18. The van der Waals surface area contributed by atoms with Crippen LogP contribution in [-0.2, 0) is 14.8 Å². The first kappa shape index (κ1) is 20.1. The lowest BCUT2D eigenvalue weighted by Gasteiger charge is -2.39. The van der Waals surface area contributed by atoms with Crippen LogP contribution in [0.15, 0.2) is 11.6 Å². The number of piperidine rings is 1. The summed E-state index contributed by atoms with van der Waals surface area (Å²) in [6.07, 6.45) is 4.58. The standard InChI is InChI=1S/C16H30N2O4S/c1-14(2)7-9-16(15(19)20)8-5-10-18(13-16)11-6-12-23(21,22)17(3)4/h7H,5-6,8-13H2,1-4H3,(H,19,20)/t16-/m1/s1. The topological polar surface area (TPSA) is 77.9 Å². The van der Waals surface area contributed by atoms with Gasteiger partial charge in [-0.05, 0) is 52.6 Å². The second-order valence-corrected chi connectivity index (χ2v) is 9.21. The van der Waals surface area contributed by atoms with Gasteiger partial charge in [-0.1, -0.05) is 11.6 Å². The molecule has 1 aliphatic heterocycles. The van der Waals surface area contributed by atoms with Crippen LogP contribution in [0.2, 0.25) is 0 Å². The third kappa shape index (κ3) is 5.90. The van der Waals surface area contributed by atoms with Crippen LogP contribution >= 0.6 is 0 Å². The van der Waals surface area contributed by atoms with E-state index >= 15 is 0 Å². The molecule has 1 aliphatic rings. The number of nitrogens with zero attached hydrogens (tertiary/aromatic N) is 2. The highest BCUT2D eigenvalue weighted by atomic mass is 32.2. The summed E-state index contributed by atoms with van der Waals surface area (Å²) in [4.78, 5) is 13.9. The Bertz CT molecular complexity index is 538. The summed E-state index contributed by atoms with van der Waals surface area (Å²) < 4.78 is 24.8. The Morgan fingerprint density at radius 3 is 2.52 bits per heavy atom. The lowest BCUT2D eigenvalue weighted by molar-refractivity contribution is -0.152. The summed E-state index contributed by atoms with van der Waals surface area (Å²) in [5.41, 5.74) is 0.385. The van der Waals surface area contributed by atoms with E-state index in [1.54, 1.807) is 0 Å². The van der Waals surface area contributed by atoms with E-state index in [-0.39, 0.29) is 5.75 Å². The first-order valence-electron chi connectivity index (χ1n) is 8.08. The summed E-state index contributed by atoms with van der Waals surface area (Å²) in [6.45, 7) is 5.90. The Morgan fingerprint density at radius 2 is 2.00 bits per heavy atom. The summed E-state index contributed by atoms with van der Waals surface area (Å²) >= 11 is 0. The van der Waals surface area contributed by atoms with Gasteiger partial charge in [0.1, 0.15) is 0 Å². The third-order valence-electron chi connectivity index (χ3n) is 4.44. The van der Waals surface area contributed by atoms with Gasteiger partial charge in [-0.3, -0.25) is 4.79 Å². The Hall–Kier alpha value is -0.920. The van der Waals surface area contributed by atoms with Crippen molar-refractivity contribution in [3.05, 3.63) is 11.6 Å². The van der Waals surface area contributed by atoms with E-state index in [4.69, 9.17) is 0 Å². The molecule has 0 aromatic carbocycles. The number of hydrogen-bond donors (Lipinski definition) is 1. The molecule has 1 rings (SSSR count). The van der Waals surface area contributed by atoms with Gasteiger partial charge in [-0.25, -0.2) is 12.7 Å². The molecule has 134 valence electrons. The number of likely N-dealkylation sites (tertiary alicyclic amines) is 1. The fourth-order valence-electron chi connectivity index (χ4n) is 2.90. The normalized spacial score (nSPS) is 23.0. The second-order valence-electron chi connectivity index (χ2n) is 6.90. The Kier molecular flexibility index (Phi) is 7.23. The van der Waals surface area contributed by atoms with Crippen molar-refractivity contribution >= 4 is 16.0 Å². The van der Waals surface area contributed by atoms with Gasteiger partial charge < -0.3 is 10.0 Å². The number of hydrogen-bond acceptors (Lipinski definition) is 4. The van der Waals surface area contributed by atoms with Crippen molar-refractivity contribution in [1.82, 2.24) is 9.21 Å². The maximum absolute atomic E-state index is 11.8. The second kappa shape index (κ2) is 8.26. The van der Waals surface area contributed by atoms with Crippen molar-refractivity contribution in [2.75, 3.05) is 39.5 Å². The molecule has 1 atom stereocenters. The predicted molar refractivity (Wildman–Crippen MR) is 91.9 cm³/mol. The Labute approximate surface area is 140 Å². The van der Waals surface area contributed by atoms with E-state index in [9.17, 15) is 18.3 Å². The molecule has 0 spiro atoms. The molecule has 0 saturated carbocycles. The number of carbonyl (C=O) groups is 1. The van der Waals surface area contributed by atoms with Crippen molar-refractivity contribution in [1.29, 1.82) is 0 Å². The van der Waals surface area contributed by atoms with Crippen LogP contribution in [0.5, 0.6) is 0 Å². The number of allylic oxidation sites excluding steroid dienone is 2. The van der Waals surface area contributed by atoms with Gasteiger partial charge in [-0.2, -0.15) is 0 Å². The minimum absolute atomic E-state index is 0.102. The molecule has 0 bridgehead atoms. The largest absolute Gasteiger partial charge is 0.481 e. The molecule has 1 heterocycles. The van der Waals surface area contributed by atoms with Gasteiger partial charge in [0.15, 0.2) is 0 Å². The zero-order valence-electron chi connectivity index (χ0n) is 14.7. The highest BCUT2D eigenvalue weighted by Gasteiger charge is 2.41. The van der Waals surface area contributed by atoms with Crippen molar-refractivity contribution in [3.8, 4) is 0 Å². The molecular formula is C16H30N2O4S. The van der Waals surface area contributed by atoms with E-state index < -0.39 is 21.4 Å². The van der Waals surface area contributed by atoms with Crippen molar-refractivity contribution in [2.24, 2.45) is 5.41 Å². The quantitative estimate of drug-likeness (QED) is 0.678. The minimum Gasteiger partial charge on any atom is -0.481 e. The van der Waals surface area contributed by atoms with Crippen molar-refractivity contribution in [3.63, 3.8) is 0 Å². The summed E-state index contributed by atoms with van der Waals surface area (Å²) in [5, 5.41) is 9.69. The number of rotatable bonds is 8. The molecule has 0 unspecified atom stereocenters. The Morgan fingerprint density at radius 1 is 1.35 bits per heavy atom. The van der Waals surface area contributed by atoms with Gasteiger partial charge in [0.25, 0.3) is 0 Å². The van der Waals surface area contributed by atoms with E-state index in [2.05, 4.69) is 4.90 Å². The molecular weight excluding hydrogens is 316 g/mol. The average Bonchev–Trinajstić information content (AvgIpc) is 2.45. The van der Waals surface area contributed by atoms with Crippen LogP contribution in [0.25, 0.3) is 0 Å². The molecule has 23 heavy (non-hydrogen) atoms. The van der Waals surface area contributed by atoms with E-state index in [0.717, 1.165) is 18.5 Å². The fourth-order valence-corrected chi connectivity index (χ4v) is 3.76. The van der Waals surface area contributed by atoms with Gasteiger partial charge in [0.2, 0.25) is 10.0 Å². The number of aliphatic carboxylic acids is 1. The van der Waals surface area contributed by atoms with Crippen LogP contribution in [0.4, 0.5) is 0 Å². The molecule has 7 heteroatoms. The molecule has 1 fully saturated rings. The van der Waals surface area contributed by atoms with Crippen molar-refractivity contribution < 1.29 is 18.3 Å². The van der Waals surface area contributed by atoms with E-state index in [0.29, 0.717) is 32.4 Å². The maximum atomic E-state index is 11.8. The SMILES string of the molecule is CC(C)=CC[C@]1(C(=O)O)CCCN(CCCS(=O)(=O)N(C)C)C1. The molecule has 0 aromatic rings. The number of sulfonamides is 1. The molecule has 6 nitrogen and oxygen atoms in total. The monoisotopic (exact) mass is 346 g/mol. The lowest BCUT2D eigenvalue weighted by atomic mass is 9.76. The molecule has 0 aromatic heterocycles. The smallest absolute Gasteiger partial charge is 0.311 e. The van der Waals surface area contributed by atoms with Crippen LogP contribution in [0.3, 0.4) is 0 Å². The van der Waals surface area contributed by atoms with Gasteiger partial charge in [0.05, 0.1) is 11.2 Å². The van der Waals surface area contributed by atoms with Gasteiger partial charge in [0, 0.05) is 20.6 Å². The first-order chi connectivity index (χ1) is 10.6. The first-order valence-corrected chi connectivity index (χ1v) is 9.69. The lowest BCUT2D eigenvalue weighted by Crippen LogP contribution is -2.48. The van der Waals surface area contributed by atoms with Gasteiger partial charge >= 0.3 is 5.97 Å². The zero-order valence-corrected chi connectivity index (χ0v) is 15.5. The Balaban J connectivity index is 2.65. The van der Waals surface area contributed by atoms with Crippen LogP contribution in [0.1, 0.15) is 39.5 Å². The van der Waals surface area contributed by atoms with E-state index in [1.165, 1.54) is 18.4 Å². The molecule has 0 radical (unpaired) electrons. The fraction of sp³-hybridized carbons (Fsp3) is 0.812. The van der Waals surface area contributed by atoms with Crippen LogP contribution in [0, 0.1) is 5.41 Å². The molecule has 1 N–H and O–H groups in total. The number of carboxylic acid groups (broad SMARTS) is 1. The van der Waals surface area contributed by atoms with Crippen LogP contribution < -0.4 is 0 Å². The summed E-state index contributed by atoms with van der Waals surface area (Å²) in [7, 11) is -0.119. The zero-order chi connectivity index (χ0) is 17.7. The summed E-state index contributed by atoms with van der Waals surface area (Å²) in [6, 6.07) is 0.